The summed E-state index contributed by atoms with van der Waals surface area (Å²) in [4.78, 5) is 28.1. The van der Waals surface area contributed by atoms with Crippen molar-refractivity contribution in [3.05, 3.63) is 60.4 Å². The van der Waals surface area contributed by atoms with Crippen LogP contribution >= 0.6 is 0 Å². The van der Waals surface area contributed by atoms with Crippen molar-refractivity contribution in [2.75, 3.05) is 23.6 Å². The summed E-state index contributed by atoms with van der Waals surface area (Å²) in [5, 5.41) is 2.73. The average Bonchev–Trinajstić information content (AvgIpc) is 3.48. The lowest BCUT2D eigenvalue weighted by atomic mass is 9.77. The second-order valence-electron chi connectivity index (χ2n) is 7.86. The van der Waals surface area contributed by atoms with Crippen LogP contribution in [0.4, 0.5) is 15.8 Å². The van der Waals surface area contributed by atoms with Crippen LogP contribution in [0, 0.1) is 17.7 Å². The van der Waals surface area contributed by atoms with Crippen molar-refractivity contribution >= 4 is 23.2 Å². The van der Waals surface area contributed by atoms with Gasteiger partial charge in [0.25, 0.3) is 0 Å². The fourth-order valence-corrected chi connectivity index (χ4v) is 4.86. The average molecular weight is 408 g/mol. The molecule has 2 bridgehead atoms. The number of halogens is 1. The van der Waals surface area contributed by atoms with Crippen molar-refractivity contribution in [2.45, 2.75) is 11.7 Å². The minimum absolute atomic E-state index is 0.148. The van der Waals surface area contributed by atoms with Crippen LogP contribution in [0.3, 0.4) is 0 Å². The molecule has 4 heterocycles. The first-order valence-electron chi connectivity index (χ1n) is 9.69. The van der Waals surface area contributed by atoms with Crippen molar-refractivity contribution in [3.8, 4) is 11.5 Å². The Morgan fingerprint density at radius 2 is 2.03 bits per heavy atom. The van der Waals surface area contributed by atoms with Gasteiger partial charge in [0.2, 0.25) is 18.6 Å². The van der Waals surface area contributed by atoms with E-state index in [2.05, 4.69) is 5.32 Å². The number of benzene rings is 2. The van der Waals surface area contributed by atoms with Gasteiger partial charge in [0, 0.05) is 17.4 Å². The number of hydrogen-bond donors (Lipinski definition) is 1. The number of anilines is 2. The molecule has 4 aliphatic rings. The Morgan fingerprint density at radius 3 is 2.90 bits per heavy atom. The van der Waals surface area contributed by atoms with E-state index in [-0.39, 0.29) is 18.6 Å². The highest BCUT2D eigenvalue weighted by atomic mass is 19.1. The van der Waals surface area contributed by atoms with Crippen LogP contribution in [0.15, 0.2) is 54.6 Å². The molecule has 2 saturated heterocycles. The molecule has 8 heteroatoms. The fraction of sp³-hybridized carbons (Fsp3) is 0.273. The Kier molecular flexibility index (Phi) is 3.53. The van der Waals surface area contributed by atoms with Crippen LogP contribution in [0.2, 0.25) is 0 Å². The summed E-state index contributed by atoms with van der Waals surface area (Å²) in [7, 11) is 0. The number of hydrogen-bond acceptors (Lipinski definition) is 5. The molecule has 2 fully saturated rings. The third-order valence-electron chi connectivity index (χ3n) is 6.16. The Balaban J connectivity index is 1.30. The van der Waals surface area contributed by atoms with Gasteiger partial charge in [-0.15, -0.1) is 0 Å². The monoisotopic (exact) mass is 408 g/mol. The van der Waals surface area contributed by atoms with E-state index in [1.54, 1.807) is 29.2 Å². The summed E-state index contributed by atoms with van der Waals surface area (Å²) in [5.41, 5.74) is 0.166. The van der Waals surface area contributed by atoms with E-state index in [0.29, 0.717) is 29.4 Å². The highest BCUT2D eigenvalue weighted by Gasteiger charge is 2.67. The van der Waals surface area contributed by atoms with Gasteiger partial charge in [-0.1, -0.05) is 18.2 Å². The molecule has 0 aliphatic carbocycles. The number of rotatable bonds is 3. The van der Waals surface area contributed by atoms with Gasteiger partial charge in [0.1, 0.15) is 11.4 Å². The van der Waals surface area contributed by atoms with Crippen LogP contribution in [0.1, 0.15) is 0 Å². The second-order valence-corrected chi connectivity index (χ2v) is 7.86. The minimum Gasteiger partial charge on any atom is -0.454 e. The van der Waals surface area contributed by atoms with Crippen LogP contribution in [-0.2, 0) is 14.3 Å². The fourth-order valence-electron chi connectivity index (χ4n) is 4.86. The molecule has 1 spiro atoms. The Morgan fingerprint density at radius 1 is 1.17 bits per heavy atom. The van der Waals surface area contributed by atoms with E-state index < -0.39 is 29.4 Å². The standard InChI is InChI=1S/C22H17FN2O5/c23-12-2-1-3-13(8-12)24-20(26)18-16-6-7-22(30-16)10-25(21(27)19(18)22)14-4-5-15-17(9-14)29-11-28-15/h1-9,16,18-19H,10-11H2,(H,24,26)/t16-,18?,19?,22-/m1/s1. The zero-order valence-corrected chi connectivity index (χ0v) is 15.7. The molecule has 152 valence electrons. The molecule has 0 aromatic heterocycles. The lowest BCUT2D eigenvalue weighted by Crippen LogP contribution is -2.41. The van der Waals surface area contributed by atoms with Gasteiger partial charge in [-0.05, 0) is 30.3 Å². The van der Waals surface area contributed by atoms with E-state index in [1.807, 2.05) is 12.2 Å². The molecular formula is C22H17FN2O5. The maximum atomic E-state index is 13.5. The quantitative estimate of drug-likeness (QED) is 0.790. The molecule has 0 saturated carbocycles. The molecule has 4 atom stereocenters. The van der Waals surface area contributed by atoms with E-state index in [9.17, 15) is 14.0 Å². The van der Waals surface area contributed by atoms with Gasteiger partial charge in [0.15, 0.2) is 11.5 Å². The number of nitrogens with one attached hydrogen (secondary N) is 1. The summed E-state index contributed by atoms with van der Waals surface area (Å²) in [5.74, 6) is -1.11. The molecule has 4 aliphatic heterocycles. The smallest absolute Gasteiger partial charge is 0.234 e. The van der Waals surface area contributed by atoms with Crippen molar-refractivity contribution in [3.63, 3.8) is 0 Å². The van der Waals surface area contributed by atoms with Crippen molar-refractivity contribution < 1.29 is 28.2 Å². The number of ether oxygens (including phenoxy) is 3. The van der Waals surface area contributed by atoms with Gasteiger partial charge in [-0.2, -0.15) is 0 Å². The molecule has 2 aromatic carbocycles. The Bertz CT molecular complexity index is 1120. The van der Waals surface area contributed by atoms with E-state index in [4.69, 9.17) is 14.2 Å². The highest BCUT2D eigenvalue weighted by Crippen LogP contribution is 2.53. The first-order chi connectivity index (χ1) is 14.5. The highest BCUT2D eigenvalue weighted by molar-refractivity contribution is 6.05. The second kappa shape index (κ2) is 6.06. The summed E-state index contributed by atoms with van der Waals surface area (Å²) < 4.78 is 30.4. The van der Waals surface area contributed by atoms with Crippen LogP contribution in [0.5, 0.6) is 11.5 Å². The summed E-state index contributed by atoms with van der Waals surface area (Å²) in [6, 6.07) is 11.0. The Hall–Kier alpha value is -3.39. The van der Waals surface area contributed by atoms with Gasteiger partial charge in [-0.25, -0.2) is 4.39 Å². The molecule has 1 N–H and O–H groups in total. The first-order valence-corrected chi connectivity index (χ1v) is 9.69. The molecular weight excluding hydrogens is 391 g/mol. The van der Waals surface area contributed by atoms with E-state index in [0.717, 1.165) is 0 Å². The predicted octanol–water partition coefficient (Wildman–Crippen LogP) is 2.48. The predicted molar refractivity (Wildman–Crippen MR) is 104 cm³/mol. The largest absolute Gasteiger partial charge is 0.454 e. The zero-order valence-electron chi connectivity index (χ0n) is 15.7. The maximum absolute atomic E-state index is 13.5. The number of fused-ring (bicyclic) bond motifs is 2. The molecule has 2 unspecified atom stereocenters. The summed E-state index contributed by atoms with van der Waals surface area (Å²) >= 11 is 0. The maximum Gasteiger partial charge on any atom is 0.234 e. The number of amides is 2. The Labute approximate surface area is 171 Å². The summed E-state index contributed by atoms with van der Waals surface area (Å²) in [6.07, 6.45) is 3.24. The molecule has 2 amide bonds. The number of nitrogens with zero attached hydrogens (tertiary/aromatic N) is 1. The molecule has 30 heavy (non-hydrogen) atoms. The normalized spacial score (nSPS) is 30.1. The number of carbonyl (C=O) groups is 2. The van der Waals surface area contributed by atoms with Crippen molar-refractivity contribution in [1.82, 2.24) is 0 Å². The van der Waals surface area contributed by atoms with Crippen LogP contribution in [-0.4, -0.2) is 36.9 Å². The lowest BCUT2D eigenvalue weighted by molar-refractivity contribution is -0.128. The van der Waals surface area contributed by atoms with Crippen molar-refractivity contribution in [1.29, 1.82) is 0 Å². The van der Waals surface area contributed by atoms with Crippen LogP contribution in [0.25, 0.3) is 0 Å². The van der Waals surface area contributed by atoms with Gasteiger partial charge in [-0.3, -0.25) is 9.59 Å². The van der Waals surface area contributed by atoms with E-state index >= 15 is 0 Å². The SMILES string of the molecule is O=C(Nc1cccc(F)c1)C1C2C(=O)N(c3ccc4c(c3)OCO4)C[C@]23C=C[C@H]1O3. The molecule has 7 nitrogen and oxygen atoms in total. The third-order valence-corrected chi connectivity index (χ3v) is 6.16. The van der Waals surface area contributed by atoms with Gasteiger partial charge < -0.3 is 24.4 Å². The molecule has 2 aromatic rings. The molecule has 6 rings (SSSR count). The lowest BCUT2D eigenvalue weighted by Gasteiger charge is -2.23. The van der Waals surface area contributed by atoms with Crippen LogP contribution < -0.4 is 19.7 Å². The topological polar surface area (TPSA) is 77.1 Å². The number of carbonyl (C=O) groups excluding carboxylic acids is 2. The summed E-state index contributed by atoms with van der Waals surface area (Å²) in [6.45, 7) is 0.460. The van der Waals surface area contributed by atoms with Gasteiger partial charge >= 0.3 is 0 Å². The van der Waals surface area contributed by atoms with E-state index in [1.165, 1.54) is 18.2 Å². The third kappa shape index (κ3) is 2.40. The first kappa shape index (κ1) is 17.5. The zero-order chi connectivity index (χ0) is 20.5. The van der Waals surface area contributed by atoms with Crippen molar-refractivity contribution in [2.24, 2.45) is 11.8 Å². The minimum atomic E-state index is -0.845. The van der Waals surface area contributed by atoms with Gasteiger partial charge in [0.05, 0.1) is 24.5 Å². The molecule has 0 radical (unpaired) electrons.